The van der Waals surface area contributed by atoms with E-state index in [9.17, 15) is 21.6 Å². The van der Waals surface area contributed by atoms with Crippen LogP contribution in [0.2, 0.25) is 0 Å². The Morgan fingerprint density at radius 1 is 0.403 bits per heavy atom. The van der Waals surface area contributed by atoms with Gasteiger partial charge in [-0.1, -0.05) is 123 Å². The van der Waals surface area contributed by atoms with E-state index in [1.807, 2.05) is 104 Å². The molecule has 0 unspecified atom stereocenters. The molecule has 2 aromatic heterocycles. The van der Waals surface area contributed by atoms with Gasteiger partial charge in [-0.2, -0.15) is 21.6 Å². The van der Waals surface area contributed by atoms with E-state index in [0.29, 0.717) is 5.69 Å². The van der Waals surface area contributed by atoms with Crippen LogP contribution in [0.4, 0.5) is 30.2 Å². The van der Waals surface area contributed by atoms with Crippen LogP contribution in [0, 0.1) is 0 Å². The number of rotatable bonds is 9. The topological polar surface area (TPSA) is 56.5 Å². The summed E-state index contributed by atoms with van der Waals surface area (Å²) in [6.45, 7) is 4.00. The molecule has 10 heteroatoms. The Balaban J connectivity index is 0.00000259. The third-order valence-corrected chi connectivity index (χ3v) is 12.9. The van der Waals surface area contributed by atoms with Crippen LogP contribution in [0.5, 0.6) is 5.75 Å². The molecule has 0 N–H and O–H groups in total. The third kappa shape index (κ3) is 7.85. The number of halogens is 3. The number of benzene rings is 9. The van der Waals surface area contributed by atoms with Gasteiger partial charge in [0.25, 0.3) is 0 Å². The molecule has 0 aliphatic carbocycles. The zero-order valence-corrected chi connectivity index (χ0v) is 37.2. The van der Waals surface area contributed by atoms with Crippen molar-refractivity contribution in [2.75, 3.05) is 4.90 Å². The fourth-order valence-corrected chi connectivity index (χ4v) is 9.35. The van der Waals surface area contributed by atoms with Crippen LogP contribution in [-0.4, -0.2) is 23.1 Å². The number of hydrogen-bond donors (Lipinski definition) is 0. The predicted molar refractivity (Wildman–Crippen MR) is 268 cm³/mol. The van der Waals surface area contributed by atoms with Crippen LogP contribution < -0.4 is 9.08 Å². The minimum atomic E-state index is -5.84. The van der Waals surface area contributed by atoms with E-state index < -0.39 is 21.4 Å². The Labute approximate surface area is 386 Å². The van der Waals surface area contributed by atoms with E-state index in [2.05, 4.69) is 123 Å². The standard InChI is InChI=1S/C55H36F3N3O3S.C2H6/c56-55(57,58)65(62,63)64-46-31-29-45(30-32-46)59(43-25-19-37(20-26-43)39-23-33-53-49(35-39)47-15-7-9-17-51(47)60(53)41-11-3-1-4-12-41)44-27-21-38(22-28-44)40-24-34-54-50(36-40)48-16-8-10-18-52(48)61(54)42-13-5-2-6-14-42;1-2/h1-36H;1-2H3. The first kappa shape index (κ1) is 42.8. The Kier molecular flexibility index (Phi) is 11.1. The summed E-state index contributed by atoms with van der Waals surface area (Å²) >= 11 is 0. The molecule has 11 aromatic rings. The van der Waals surface area contributed by atoms with E-state index in [0.717, 1.165) is 88.6 Å². The molecule has 11 rings (SSSR count). The molecule has 0 bridgehead atoms. The van der Waals surface area contributed by atoms with Gasteiger partial charge in [0.2, 0.25) is 0 Å². The van der Waals surface area contributed by atoms with Gasteiger partial charge >= 0.3 is 15.6 Å². The summed E-state index contributed by atoms with van der Waals surface area (Å²) in [6, 6.07) is 72.0. The highest BCUT2D eigenvalue weighted by molar-refractivity contribution is 7.88. The highest BCUT2D eigenvalue weighted by Crippen LogP contribution is 2.41. The summed E-state index contributed by atoms with van der Waals surface area (Å²) in [5.41, 5.74) is 7.21. The summed E-state index contributed by atoms with van der Waals surface area (Å²) < 4.78 is 72.2. The molecule has 9 aromatic carbocycles. The van der Waals surface area contributed by atoms with Crippen molar-refractivity contribution in [3.05, 3.63) is 218 Å². The van der Waals surface area contributed by atoms with Gasteiger partial charge in [0.15, 0.2) is 0 Å². The first-order valence-electron chi connectivity index (χ1n) is 21.9. The average molecular weight is 906 g/mol. The van der Waals surface area contributed by atoms with Crippen molar-refractivity contribution in [3.8, 4) is 39.4 Å². The Bertz CT molecular complexity index is 3460. The van der Waals surface area contributed by atoms with Gasteiger partial charge < -0.3 is 18.2 Å². The van der Waals surface area contributed by atoms with E-state index in [1.165, 1.54) is 24.3 Å². The van der Waals surface area contributed by atoms with Crippen molar-refractivity contribution in [2.45, 2.75) is 19.4 Å². The maximum absolute atomic E-state index is 13.2. The van der Waals surface area contributed by atoms with E-state index >= 15 is 0 Å². The molecule has 330 valence electrons. The predicted octanol–water partition coefficient (Wildman–Crippen LogP) is 15.9. The average Bonchev–Trinajstić information content (AvgIpc) is 3.88. The third-order valence-electron chi connectivity index (χ3n) is 11.9. The summed E-state index contributed by atoms with van der Waals surface area (Å²) in [4.78, 5) is 1.96. The number of para-hydroxylation sites is 4. The van der Waals surface area contributed by atoms with Crippen molar-refractivity contribution < 1.29 is 25.8 Å². The summed E-state index contributed by atoms with van der Waals surface area (Å²) in [6.07, 6.45) is 0. The number of hydrogen-bond acceptors (Lipinski definition) is 4. The van der Waals surface area contributed by atoms with E-state index in [-0.39, 0.29) is 0 Å². The Morgan fingerprint density at radius 2 is 0.746 bits per heavy atom. The number of nitrogens with zero attached hydrogens (tertiary/aromatic N) is 3. The minimum Gasteiger partial charge on any atom is -0.376 e. The van der Waals surface area contributed by atoms with Crippen LogP contribution in [0.3, 0.4) is 0 Å². The van der Waals surface area contributed by atoms with Gasteiger partial charge in [-0.05, 0) is 131 Å². The molecule has 0 spiro atoms. The molecule has 2 heterocycles. The van der Waals surface area contributed by atoms with Gasteiger partial charge in [0.05, 0.1) is 22.1 Å². The lowest BCUT2D eigenvalue weighted by molar-refractivity contribution is -0.0500. The van der Waals surface area contributed by atoms with Gasteiger partial charge in [-0.15, -0.1) is 0 Å². The van der Waals surface area contributed by atoms with Crippen molar-refractivity contribution in [1.29, 1.82) is 0 Å². The Morgan fingerprint density at radius 3 is 1.15 bits per heavy atom. The molecule has 0 aliphatic heterocycles. The normalized spacial score (nSPS) is 11.8. The molecule has 0 radical (unpaired) electrons. The minimum absolute atomic E-state index is 0.454. The smallest absolute Gasteiger partial charge is 0.376 e. The van der Waals surface area contributed by atoms with Gasteiger partial charge in [-0.25, -0.2) is 0 Å². The molecule has 0 amide bonds. The maximum atomic E-state index is 13.2. The van der Waals surface area contributed by atoms with Crippen LogP contribution >= 0.6 is 0 Å². The number of anilines is 3. The highest BCUT2D eigenvalue weighted by atomic mass is 32.2. The van der Waals surface area contributed by atoms with Crippen LogP contribution in [0.1, 0.15) is 13.8 Å². The molecular formula is C57H42F3N3O3S. The number of fused-ring (bicyclic) bond motifs is 6. The van der Waals surface area contributed by atoms with Crippen LogP contribution in [0.25, 0.3) is 77.2 Å². The largest absolute Gasteiger partial charge is 0.534 e. The molecule has 0 saturated heterocycles. The lowest BCUT2D eigenvalue weighted by Crippen LogP contribution is -2.28. The fourth-order valence-electron chi connectivity index (χ4n) is 8.89. The van der Waals surface area contributed by atoms with Crippen molar-refractivity contribution in [3.63, 3.8) is 0 Å². The van der Waals surface area contributed by atoms with Crippen LogP contribution in [0.15, 0.2) is 218 Å². The number of alkyl halides is 3. The maximum Gasteiger partial charge on any atom is 0.534 e. The van der Waals surface area contributed by atoms with Crippen molar-refractivity contribution in [1.82, 2.24) is 9.13 Å². The molecule has 67 heavy (non-hydrogen) atoms. The van der Waals surface area contributed by atoms with Crippen molar-refractivity contribution in [2.24, 2.45) is 0 Å². The fraction of sp³-hybridized carbons (Fsp3) is 0.0526. The van der Waals surface area contributed by atoms with Gasteiger partial charge in [0, 0.05) is 50.0 Å². The lowest BCUT2D eigenvalue weighted by Gasteiger charge is -2.26. The quantitative estimate of drug-likeness (QED) is 0.107. The second-order valence-electron chi connectivity index (χ2n) is 15.7. The lowest BCUT2D eigenvalue weighted by atomic mass is 10.0. The Hall–Kier alpha value is -8.08. The van der Waals surface area contributed by atoms with E-state index in [1.54, 1.807) is 0 Å². The summed E-state index contributed by atoms with van der Waals surface area (Å²) in [7, 11) is -5.84. The van der Waals surface area contributed by atoms with E-state index in [4.69, 9.17) is 0 Å². The second kappa shape index (κ2) is 17.4. The molecular weight excluding hydrogens is 864 g/mol. The number of aromatic nitrogens is 2. The second-order valence-corrected chi connectivity index (χ2v) is 17.3. The monoisotopic (exact) mass is 905 g/mol. The SMILES string of the molecule is CC.O=S(=O)(Oc1ccc(N(c2ccc(-c3ccc4c(c3)c3ccccc3n4-c3ccccc3)cc2)c2ccc(-c3ccc4c(c3)c3ccccc3n4-c3ccccc3)cc2)cc1)C(F)(F)F. The molecule has 0 atom stereocenters. The van der Waals surface area contributed by atoms with Crippen molar-refractivity contribution >= 4 is 70.8 Å². The zero-order chi connectivity index (χ0) is 46.3. The summed E-state index contributed by atoms with van der Waals surface area (Å²) in [5.74, 6) is -0.454. The highest BCUT2D eigenvalue weighted by Gasteiger charge is 2.48. The van der Waals surface area contributed by atoms with Gasteiger partial charge in [-0.3, -0.25) is 0 Å². The molecule has 0 aliphatic rings. The zero-order valence-electron chi connectivity index (χ0n) is 36.4. The molecule has 6 nitrogen and oxygen atoms in total. The molecule has 0 saturated carbocycles. The van der Waals surface area contributed by atoms with Crippen LogP contribution in [-0.2, 0) is 10.1 Å². The first-order valence-corrected chi connectivity index (χ1v) is 23.3. The van der Waals surface area contributed by atoms with Gasteiger partial charge in [0.1, 0.15) is 5.75 Å². The first-order chi connectivity index (χ1) is 32.6. The summed E-state index contributed by atoms with van der Waals surface area (Å²) in [5, 5.41) is 4.55. The molecule has 0 fully saturated rings.